The first-order valence-corrected chi connectivity index (χ1v) is 7.38. The number of ether oxygens (including phenoxy) is 1. The van der Waals surface area contributed by atoms with E-state index in [0.29, 0.717) is 24.3 Å². The van der Waals surface area contributed by atoms with Gasteiger partial charge in [-0.1, -0.05) is 6.07 Å². The zero-order valence-electron chi connectivity index (χ0n) is 12.9. The molecule has 0 saturated carbocycles. The maximum absolute atomic E-state index is 14.0. The third kappa shape index (κ3) is 3.94. The maximum atomic E-state index is 14.0. The minimum Gasteiger partial charge on any atom is -0.497 e. The van der Waals surface area contributed by atoms with Crippen LogP contribution in [0.1, 0.15) is 38.3 Å². The summed E-state index contributed by atoms with van der Waals surface area (Å²) in [6, 6.07) is 4.87. The van der Waals surface area contributed by atoms with E-state index in [1.807, 2.05) is 18.7 Å². The number of methoxy groups -OCH3 is 1. The van der Waals surface area contributed by atoms with E-state index in [-0.39, 0.29) is 23.8 Å². The van der Waals surface area contributed by atoms with Crippen molar-refractivity contribution >= 4 is 5.91 Å². The molecule has 5 heteroatoms. The Bertz CT molecular complexity index is 507. The number of benzene rings is 1. The molecule has 0 aromatic heterocycles. The molecule has 0 radical (unpaired) electrons. The number of amides is 1. The van der Waals surface area contributed by atoms with Crippen LogP contribution in [0.5, 0.6) is 5.75 Å². The van der Waals surface area contributed by atoms with Crippen molar-refractivity contribution in [1.82, 2.24) is 10.2 Å². The van der Waals surface area contributed by atoms with Gasteiger partial charge in [0, 0.05) is 43.2 Å². The molecule has 1 N–H and O–H groups in total. The van der Waals surface area contributed by atoms with Crippen LogP contribution in [0, 0.1) is 5.82 Å². The summed E-state index contributed by atoms with van der Waals surface area (Å²) in [7, 11) is 1.52. The molecule has 116 valence electrons. The number of carbonyl (C=O) groups excluding carboxylic acids is 1. The van der Waals surface area contributed by atoms with Gasteiger partial charge in [-0.25, -0.2) is 4.39 Å². The summed E-state index contributed by atoms with van der Waals surface area (Å²) in [4.78, 5) is 13.5. The van der Waals surface area contributed by atoms with Crippen molar-refractivity contribution in [3.05, 3.63) is 29.6 Å². The minimum atomic E-state index is -0.279. The zero-order chi connectivity index (χ0) is 15.4. The molecule has 1 amide bonds. The van der Waals surface area contributed by atoms with Crippen molar-refractivity contribution in [2.24, 2.45) is 0 Å². The van der Waals surface area contributed by atoms with Crippen LogP contribution in [0.25, 0.3) is 0 Å². The number of rotatable bonds is 6. The number of likely N-dealkylation sites (tertiary alicyclic amines) is 1. The largest absolute Gasteiger partial charge is 0.497 e. The van der Waals surface area contributed by atoms with Gasteiger partial charge in [0.25, 0.3) is 0 Å². The predicted octanol–water partition coefficient (Wildman–Crippen LogP) is 2.50. The highest BCUT2D eigenvalue weighted by Crippen LogP contribution is 2.22. The fourth-order valence-electron chi connectivity index (χ4n) is 2.78. The van der Waals surface area contributed by atoms with Crippen LogP contribution in [0.3, 0.4) is 0 Å². The van der Waals surface area contributed by atoms with Gasteiger partial charge >= 0.3 is 0 Å². The number of nitrogens with zero attached hydrogens (tertiary/aromatic N) is 1. The maximum Gasteiger partial charge on any atom is 0.222 e. The number of nitrogens with one attached hydrogen (secondary N) is 1. The Balaban J connectivity index is 1.94. The quantitative estimate of drug-likeness (QED) is 0.876. The van der Waals surface area contributed by atoms with Crippen LogP contribution < -0.4 is 10.1 Å². The smallest absolute Gasteiger partial charge is 0.222 e. The van der Waals surface area contributed by atoms with E-state index in [9.17, 15) is 9.18 Å². The molecule has 0 spiro atoms. The van der Waals surface area contributed by atoms with E-state index >= 15 is 0 Å². The van der Waals surface area contributed by atoms with Crippen molar-refractivity contribution in [2.75, 3.05) is 20.2 Å². The first-order valence-electron chi connectivity index (χ1n) is 7.38. The lowest BCUT2D eigenvalue weighted by atomic mass is 10.1. The van der Waals surface area contributed by atoms with Gasteiger partial charge in [0.1, 0.15) is 11.6 Å². The van der Waals surface area contributed by atoms with Crippen LogP contribution in [0.2, 0.25) is 0 Å². The Hall–Kier alpha value is -1.62. The van der Waals surface area contributed by atoms with Gasteiger partial charge in [0.05, 0.1) is 7.11 Å². The fourth-order valence-corrected chi connectivity index (χ4v) is 2.78. The Morgan fingerprint density at radius 3 is 2.76 bits per heavy atom. The topological polar surface area (TPSA) is 41.6 Å². The highest BCUT2D eigenvalue weighted by Gasteiger charge is 2.22. The van der Waals surface area contributed by atoms with Gasteiger partial charge < -0.3 is 15.0 Å². The van der Waals surface area contributed by atoms with Gasteiger partial charge in [0.2, 0.25) is 5.91 Å². The zero-order valence-corrected chi connectivity index (χ0v) is 12.9. The van der Waals surface area contributed by atoms with Gasteiger partial charge in [-0.15, -0.1) is 0 Å². The van der Waals surface area contributed by atoms with Crippen molar-refractivity contribution in [2.45, 2.75) is 38.8 Å². The molecule has 0 aliphatic carbocycles. The first kappa shape index (κ1) is 15.8. The molecular weight excluding hydrogens is 271 g/mol. The third-order valence-corrected chi connectivity index (χ3v) is 3.87. The second-order valence-electron chi connectivity index (χ2n) is 5.62. The van der Waals surface area contributed by atoms with E-state index in [1.54, 1.807) is 12.1 Å². The lowest BCUT2D eigenvalue weighted by Gasteiger charge is -2.25. The summed E-state index contributed by atoms with van der Waals surface area (Å²) in [5.74, 6) is 0.449. The lowest BCUT2D eigenvalue weighted by Crippen LogP contribution is -2.40. The van der Waals surface area contributed by atoms with Crippen molar-refractivity contribution in [3.8, 4) is 5.75 Å². The fraction of sp³-hybridized carbons (Fsp3) is 0.562. The van der Waals surface area contributed by atoms with Crippen molar-refractivity contribution < 1.29 is 13.9 Å². The summed E-state index contributed by atoms with van der Waals surface area (Å²) < 4.78 is 19.0. The number of hydrogen-bond acceptors (Lipinski definition) is 3. The van der Waals surface area contributed by atoms with Crippen molar-refractivity contribution in [1.29, 1.82) is 0 Å². The summed E-state index contributed by atoms with van der Waals surface area (Å²) in [6.07, 6.45) is 1.59. The van der Waals surface area contributed by atoms with Gasteiger partial charge in [-0.05, 0) is 26.3 Å². The molecule has 1 aliphatic rings. The summed E-state index contributed by atoms with van der Waals surface area (Å²) in [6.45, 7) is 5.44. The average molecular weight is 294 g/mol. The molecule has 1 fully saturated rings. The molecule has 1 saturated heterocycles. The second kappa shape index (κ2) is 6.89. The van der Waals surface area contributed by atoms with Crippen molar-refractivity contribution in [3.63, 3.8) is 0 Å². The summed E-state index contributed by atoms with van der Waals surface area (Å²) >= 11 is 0. The Morgan fingerprint density at radius 1 is 1.43 bits per heavy atom. The van der Waals surface area contributed by atoms with Crippen LogP contribution >= 0.6 is 0 Å². The number of carbonyl (C=O) groups is 1. The molecule has 1 heterocycles. The van der Waals surface area contributed by atoms with E-state index < -0.39 is 0 Å². The second-order valence-corrected chi connectivity index (χ2v) is 5.62. The third-order valence-electron chi connectivity index (χ3n) is 3.87. The Morgan fingerprint density at radius 2 is 2.19 bits per heavy atom. The molecule has 21 heavy (non-hydrogen) atoms. The number of halogens is 1. The standard InChI is InChI=1S/C16H23FN2O2/c1-11(10-19-8-4-5-16(19)20)18-12(2)14-7-6-13(21-3)9-15(14)17/h6-7,9,11-12,18H,4-5,8,10H2,1-3H3. The SMILES string of the molecule is COc1ccc(C(C)NC(C)CN2CCCC2=O)c(F)c1. The van der Waals surface area contributed by atoms with Crippen LogP contribution in [-0.4, -0.2) is 37.0 Å². The van der Waals surface area contributed by atoms with E-state index in [1.165, 1.54) is 13.2 Å². The lowest BCUT2D eigenvalue weighted by molar-refractivity contribution is -0.127. The van der Waals surface area contributed by atoms with E-state index in [2.05, 4.69) is 5.32 Å². The monoisotopic (exact) mass is 294 g/mol. The molecule has 2 atom stereocenters. The molecule has 1 aromatic carbocycles. The molecule has 1 aliphatic heterocycles. The Kier molecular flexibility index (Phi) is 5.17. The summed E-state index contributed by atoms with van der Waals surface area (Å²) in [5, 5.41) is 3.35. The summed E-state index contributed by atoms with van der Waals surface area (Å²) in [5.41, 5.74) is 0.607. The minimum absolute atomic E-state index is 0.114. The van der Waals surface area contributed by atoms with Gasteiger partial charge in [-0.2, -0.15) is 0 Å². The normalized spacial score (nSPS) is 17.9. The van der Waals surface area contributed by atoms with Gasteiger partial charge in [0.15, 0.2) is 0 Å². The molecule has 2 rings (SSSR count). The molecule has 4 nitrogen and oxygen atoms in total. The van der Waals surface area contributed by atoms with Crippen LogP contribution in [0.4, 0.5) is 4.39 Å². The highest BCUT2D eigenvalue weighted by molar-refractivity contribution is 5.78. The predicted molar refractivity (Wildman–Crippen MR) is 79.8 cm³/mol. The molecular formula is C16H23FN2O2. The van der Waals surface area contributed by atoms with Gasteiger partial charge in [-0.3, -0.25) is 4.79 Å². The van der Waals surface area contributed by atoms with E-state index in [4.69, 9.17) is 4.74 Å². The average Bonchev–Trinajstić information content (AvgIpc) is 2.83. The van der Waals surface area contributed by atoms with Crippen LogP contribution in [-0.2, 0) is 4.79 Å². The van der Waals surface area contributed by atoms with Crippen LogP contribution in [0.15, 0.2) is 18.2 Å². The molecule has 1 aromatic rings. The molecule has 0 bridgehead atoms. The Labute approximate surface area is 125 Å². The highest BCUT2D eigenvalue weighted by atomic mass is 19.1. The molecule has 2 unspecified atom stereocenters. The number of hydrogen-bond donors (Lipinski definition) is 1. The first-order chi connectivity index (χ1) is 10.0. The van der Waals surface area contributed by atoms with E-state index in [0.717, 1.165) is 13.0 Å².